The fourth-order valence-electron chi connectivity index (χ4n) is 5.87. The second kappa shape index (κ2) is 12.2. The normalized spacial score (nSPS) is 21.9. The van der Waals surface area contributed by atoms with Crippen LogP contribution < -0.4 is 10.1 Å². The molecule has 0 radical (unpaired) electrons. The zero-order valence-corrected chi connectivity index (χ0v) is 22.6. The number of ether oxygens (including phenoxy) is 2. The lowest BCUT2D eigenvalue weighted by Gasteiger charge is -2.38. The number of fused-ring (bicyclic) bond motifs is 1. The van der Waals surface area contributed by atoms with E-state index in [2.05, 4.69) is 17.4 Å². The molecule has 4 heterocycles. The van der Waals surface area contributed by atoms with Gasteiger partial charge in [-0.1, -0.05) is 19.4 Å². The van der Waals surface area contributed by atoms with Crippen LogP contribution in [-0.4, -0.2) is 66.6 Å². The van der Waals surface area contributed by atoms with Crippen LogP contribution in [0.4, 0.5) is 14.6 Å². The minimum Gasteiger partial charge on any atom is -0.492 e. The first-order valence-corrected chi connectivity index (χ1v) is 14.1. The standard InChI is InChI=1S/C30H39F2N3O4/c1-30(17-38-18-30)19-39-26-11-9-22(31)15-24(26)27(29(36)37)35-14-12-21(16-35)25(32)7-3-2-6-23-10-8-20-5-4-13-33-28(20)34-23/h8-11,15,21,25,27H,2-7,12-14,16-19H2,1H3,(H,33,34)(H,36,37)/t21-,25-,27+/m1/s1. The van der Waals surface area contributed by atoms with E-state index in [1.807, 2.05) is 6.92 Å². The van der Waals surface area contributed by atoms with Crippen molar-refractivity contribution in [3.8, 4) is 5.75 Å². The van der Waals surface area contributed by atoms with Crippen LogP contribution in [0.2, 0.25) is 0 Å². The van der Waals surface area contributed by atoms with Gasteiger partial charge in [-0.2, -0.15) is 0 Å². The van der Waals surface area contributed by atoms with E-state index in [0.717, 1.165) is 50.2 Å². The van der Waals surface area contributed by atoms with Crippen LogP contribution in [0.5, 0.6) is 5.75 Å². The van der Waals surface area contributed by atoms with Crippen LogP contribution in [0.3, 0.4) is 0 Å². The van der Waals surface area contributed by atoms with Crippen molar-refractivity contribution in [3.05, 3.63) is 53.0 Å². The molecule has 2 saturated heterocycles. The lowest BCUT2D eigenvalue weighted by Crippen LogP contribution is -2.44. The highest BCUT2D eigenvalue weighted by molar-refractivity contribution is 5.77. The van der Waals surface area contributed by atoms with E-state index in [-0.39, 0.29) is 16.9 Å². The highest BCUT2D eigenvalue weighted by atomic mass is 19.1. The number of benzene rings is 1. The zero-order valence-electron chi connectivity index (χ0n) is 22.6. The number of aliphatic carboxylic acids is 1. The number of nitrogens with one attached hydrogen (secondary N) is 1. The van der Waals surface area contributed by atoms with Gasteiger partial charge < -0.3 is 19.9 Å². The first-order valence-electron chi connectivity index (χ1n) is 14.1. The van der Waals surface area contributed by atoms with Gasteiger partial charge in [-0.25, -0.2) is 13.8 Å². The SMILES string of the molecule is CC1(COc2ccc(F)cc2[C@@H](C(=O)O)N2CC[C@@H]([C@H](F)CCCCc3ccc4c(n3)NCCC4)C2)COC1. The molecule has 9 heteroatoms. The number of likely N-dealkylation sites (tertiary alicyclic amines) is 1. The second-order valence-electron chi connectivity index (χ2n) is 11.7. The largest absolute Gasteiger partial charge is 0.492 e. The third-order valence-electron chi connectivity index (χ3n) is 8.22. The molecule has 7 nitrogen and oxygen atoms in total. The fourth-order valence-corrected chi connectivity index (χ4v) is 5.87. The lowest BCUT2D eigenvalue weighted by atomic mass is 9.90. The second-order valence-corrected chi connectivity index (χ2v) is 11.7. The monoisotopic (exact) mass is 543 g/mol. The summed E-state index contributed by atoms with van der Waals surface area (Å²) in [6.07, 6.45) is 4.60. The number of hydrogen-bond donors (Lipinski definition) is 2. The van der Waals surface area contributed by atoms with Crippen molar-refractivity contribution < 1.29 is 28.2 Å². The van der Waals surface area contributed by atoms with Crippen LogP contribution in [-0.2, 0) is 22.4 Å². The number of halogens is 2. The molecule has 0 spiro atoms. The Morgan fingerprint density at radius 2 is 2.15 bits per heavy atom. The van der Waals surface area contributed by atoms with E-state index in [4.69, 9.17) is 14.5 Å². The van der Waals surface area contributed by atoms with Gasteiger partial charge in [-0.3, -0.25) is 9.69 Å². The summed E-state index contributed by atoms with van der Waals surface area (Å²) in [6.45, 7) is 5.23. The Kier molecular flexibility index (Phi) is 8.67. The van der Waals surface area contributed by atoms with Crippen LogP contribution in [0.1, 0.15) is 61.9 Å². The number of alkyl halides is 1. The quantitative estimate of drug-likeness (QED) is 0.357. The summed E-state index contributed by atoms with van der Waals surface area (Å²) in [6, 6.07) is 7.12. The van der Waals surface area contributed by atoms with Gasteiger partial charge in [0, 0.05) is 35.7 Å². The minimum atomic E-state index is -1.10. The van der Waals surface area contributed by atoms with Crippen LogP contribution in [0.15, 0.2) is 30.3 Å². The van der Waals surface area contributed by atoms with Crippen molar-refractivity contribution in [1.82, 2.24) is 9.88 Å². The van der Waals surface area contributed by atoms with Gasteiger partial charge in [0.25, 0.3) is 0 Å². The third-order valence-corrected chi connectivity index (χ3v) is 8.22. The number of carboxylic acid groups (broad SMARTS) is 1. The maximum absolute atomic E-state index is 15.2. The number of carbonyl (C=O) groups is 1. The molecule has 2 aromatic rings. The van der Waals surface area contributed by atoms with E-state index < -0.39 is 24.0 Å². The molecule has 212 valence electrons. The molecule has 1 aromatic heterocycles. The maximum atomic E-state index is 15.2. The summed E-state index contributed by atoms with van der Waals surface area (Å²) >= 11 is 0. The Balaban J connectivity index is 1.15. The molecule has 1 aromatic carbocycles. The first kappa shape index (κ1) is 27.8. The smallest absolute Gasteiger partial charge is 0.325 e. The van der Waals surface area contributed by atoms with Crippen molar-refractivity contribution in [2.24, 2.45) is 11.3 Å². The predicted molar refractivity (Wildman–Crippen MR) is 144 cm³/mol. The van der Waals surface area contributed by atoms with Gasteiger partial charge in [0.15, 0.2) is 0 Å². The number of carboxylic acids is 1. The van der Waals surface area contributed by atoms with Crippen molar-refractivity contribution in [3.63, 3.8) is 0 Å². The average molecular weight is 544 g/mol. The molecular formula is C30H39F2N3O4. The molecule has 3 atom stereocenters. The number of nitrogens with zero attached hydrogens (tertiary/aromatic N) is 2. The lowest BCUT2D eigenvalue weighted by molar-refractivity contribution is -0.143. The van der Waals surface area contributed by atoms with E-state index in [9.17, 15) is 14.3 Å². The molecule has 2 fully saturated rings. The van der Waals surface area contributed by atoms with E-state index in [1.165, 1.54) is 23.8 Å². The number of hydrogen-bond acceptors (Lipinski definition) is 6. The molecule has 0 amide bonds. The van der Waals surface area contributed by atoms with Crippen molar-refractivity contribution in [2.75, 3.05) is 44.8 Å². The molecule has 0 unspecified atom stereocenters. The summed E-state index contributed by atoms with van der Waals surface area (Å²) in [5, 5.41) is 13.5. The van der Waals surface area contributed by atoms with Crippen LogP contribution in [0, 0.1) is 17.2 Å². The molecule has 2 N–H and O–H groups in total. The number of rotatable bonds is 12. The number of pyridine rings is 1. The Hall–Kier alpha value is -2.78. The Morgan fingerprint density at radius 3 is 2.92 bits per heavy atom. The molecule has 5 rings (SSSR count). The van der Waals surface area contributed by atoms with Crippen molar-refractivity contribution in [2.45, 2.75) is 64.1 Å². The number of aromatic nitrogens is 1. The maximum Gasteiger partial charge on any atom is 0.325 e. The Labute approximate surface area is 228 Å². The van der Waals surface area contributed by atoms with Gasteiger partial charge in [0.05, 0.1) is 19.8 Å². The van der Waals surface area contributed by atoms with Crippen LogP contribution >= 0.6 is 0 Å². The summed E-state index contributed by atoms with van der Waals surface area (Å²) in [4.78, 5) is 18.9. The summed E-state index contributed by atoms with van der Waals surface area (Å²) in [5.74, 6) is -0.527. The van der Waals surface area contributed by atoms with E-state index >= 15 is 4.39 Å². The van der Waals surface area contributed by atoms with Crippen LogP contribution in [0.25, 0.3) is 0 Å². The molecule has 0 saturated carbocycles. The number of unbranched alkanes of at least 4 members (excludes halogenated alkanes) is 1. The van der Waals surface area contributed by atoms with Gasteiger partial charge in [0.1, 0.15) is 29.6 Å². The number of anilines is 1. The highest BCUT2D eigenvalue weighted by Gasteiger charge is 2.39. The van der Waals surface area contributed by atoms with Gasteiger partial charge in [-0.15, -0.1) is 0 Å². The first-order chi connectivity index (χ1) is 18.8. The molecule has 0 aliphatic carbocycles. The summed E-state index contributed by atoms with van der Waals surface area (Å²) in [5.41, 5.74) is 2.42. The van der Waals surface area contributed by atoms with Gasteiger partial charge in [-0.05, 0) is 74.9 Å². The molecule has 0 bridgehead atoms. The molecular weight excluding hydrogens is 504 g/mol. The highest BCUT2D eigenvalue weighted by Crippen LogP contribution is 2.37. The molecule has 3 aliphatic heterocycles. The number of aryl methyl sites for hydroxylation is 2. The Morgan fingerprint density at radius 1 is 1.31 bits per heavy atom. The zero-order chi connectivity index (χ0) is 27.4. The predicted octanol–water partition coefficient (Wildman–Crippen LogP) is 5.19. The van der Waals surface area contributed by atoms with Gasteiger partial charge in [0.2, 0.25) is 0 Å². The van der Waals surface area contributed by atoms with E-state index in [0.29, 0.717) is 51.5 Å². The topological polar surface area (TPSA) is 83.9 Å². The average Bonchev–Trinajstić information content (AvgIpc) is 3.39. The van der Waals surface area contributed by atoms with Gasteiger partial charge >= 0.3 is 5.97 Å². The molecule has 3 aliphatic rings. The van der Waals surface area contributed by atoms with Crippen molar-refractivity contribution >= 4 is 11.8 Å². The van der Waals surface area contributed by atoms with E-state index in [1.54, 1.807) is 4.90 Å². The molecule has 39 heavy (non-hydrogen) atoms. The fraction of sp³-hybridized carbons (Fsp3) is 0.600. The minimum absolute atomic E-state index is 0.141. The van der Waals surface area contributed by atoms with Crippen molar-refractivity contribution in [1.29, 1.82) is 0 Å². The summed E-state index contributed by atoms with van der Waals surface area (Å²) < 4.78 is 40.7. The third kappa shape index (κ3) is 6.69. The summed E-state index contributed by atoms with van der Waals surface area (Å²) in [7, 11) is 0. The Bertz CT molecular complexity index is 1160.